The van der Waals surface area contributed by atoms with Crippen molar-refractivity contribution in [3.8, 4) is 5.75 Å². The van der Waals surface area contributed by atoms with Gasteiger partial charge in [-0.25, -0.2) is 0 Å². The molecule has 1 aliphatic carbocycles. The zero-order valence-electron chi connectivity index (χ0n) is 10.4. The first kappa shape index (κ1) is 12.3. The van der Waals surface area contributed by atoms with Crippen LogP contribution in [-0.4, -0.2) is 24.9 Å². The van der Waals surface area contributed by atoms with E-state index in [-0.39, 0.29) is 5.41 Å². The smallest absolute Gasteiger partial charge is 0.137 e. The van der Waals surface area contributed by atoms with E-state index in [1.165, 1.54) is 0 Å². The molecule has 0 unspecified atom stereocenters. The van der Waals surface area contributed by atoms with Gasteiger partial charge in [-0.05, 0) is 30.5 Å². The number of halogens is 1. The third-order valence-electron chi connectivity index (χ3n) is 3.67. The van der Waals surface area contributed by atoms with E-state index in [9.17, 15) is 5.11 Å². The van der Waals surface area contributed by atoms with Crippen molar-refractivity contribution < 1.29 is 14.6 Å². The first-order valence-electron chi connectivity index (χ1n) is 6.24. The van der Waals surface area contributed by atoms with Crippen LogP contribution in [0.2, 0.25) is 5.02 Å². The summed E-state index contributed by atoms with van der Waals surface area (Å²) in [6, 6.07) is 5.55. The minimum atomic E-state index is -0.643. The number of aliphatic hydroxyl groups is 1. The highest BCUT2D eigenvalue weighted by molar-refractivity contribution is 6.32. The maximum atomic E-state index is 10.0. The van der Waals surface area contributed by atoms with Crippen LogP contribution in [0.1, 0.15) is 25.3 Å². The highest BCUT2D eigenvalue weighted by Gasteiger charge is 2.42. The van der Waals surface area contributed by atoms with E-state index in [1.54, 1.807) is 0 Å². The van der Waals surface area contributed by atoms with Gasteiger partial charge in [-0.3, -0.25) is 0 Å². The summed E-state index contributed by atoms with van der Waals surface area (Å²) < 4.78 is 10.9. The van der Waals surface area contributed by atoms with Gasteiger partial charge in [0.05, 0.1) is 30.4 Å². The molecule has 2 fully saturated rings. The molecular weight excluding hydrogens is 252 g/mol. The fourth-order valence-corrected chi connectivity index (χ4v) is 2.34. The van der Waals surface area contributed by atoms with Gasteiger partial charge in [0.2, 0.25) is 0 Å². The second-order valence-corrected chi connectivity index (χ2v) is 6.18. The van der Waals surface area contributed by atoms with Crippen LogP contribution in [0.15, 0.2) is 18.2 Å². The van der Waals surface area contributed by atoms with E-state index in [4.69, 9.17) is 21.1 Å². The molecule has 0 spiro atoms. The molecule has 0 atom stereocenters. The first-order chi connectivity index (χ1) is 8.51. The molecule has 1 heterocycles. The fraction of sp³-hybridized carbons (Fsp3) is 0.571. The first-order valence-corrected chi connectivity index (χ1v) is 6.62. The van der Waals surface area contributed by atoms with Crippen LogP contribution in [0, 0.1) is 5.41 Å². The molecule has 3 nitrogen and oxygen atoms in total. The maximum Gasteiger partial charge on any atom is 0.137 e. The predicted octanol–water partition coefficient (Wildman–Crippen LogP) is 2.74. The number of rotatable bonds is 4. The second kappa shape index (κ2) is 4.12. The normalized spacial score (nSPS) is 23.3. The maximum absolute atomic E-state index is 10.0. The SMILES string of the molecule is CC1(COc2ccc(C3(O)CC3)cc2Cl)COC1. The summed E-state index contributed by atoms with van der Waals surface area (Å²) in [5.74, 6) is 0.679. The Morgan fingerprint density at radius 3 is 2.61 bits per heavy atom. The molecule has 1 aromatic rings. The van der Waals surface area contributed by atoms with E-state index in [0.29, 0.717) is 17.4 Å². The Morgan fingerprint density at radius 1 is 1.39 bits per heavy atom. The average molecular weight is 269 g/mol. The molecule has 0 radical (unpaired) electrons. The van der Waals surface area contributed by atoms with E-state index < -0.39 is 5.60 Å². The van der Waals surface area contributed by atoms with Crippen molar-refractivity contribution in [2.45, 2.75) is 25.4 Å². The van der Waals surface area contributed by atoms with Crippen molar-refractivity contribution in [2.24, 2.45) is 5.41 Å². The molecule has 3 rings (SSSR count). The highest BCUT2D eigenvalue weighted by atomic mass is 35.5. The predicted molar refractivity (Wildman–Crippen MR) is 69.0 cm³/mol. The summed E-state index contributed by atoms with van der Waals surface area (Å²) >= 11 is 6.19. The second-order valence-electron chi connectivity index (χ2n) is 5.77. The largest absolute Gasteiger partial charge is 0.491 e. The van der Waals surface area contributed by atoms with Crippen molar-refractivity contribution in [3.05, 3.63) is 28.8 Å². The van der Waals surface area contributed by atoms with Crippen molar-refractivity contribution in [3.63, 3.8) is 0 Å². The van der Waals surface area contributed by atoms with Crippen LogP contribution in [0.5, 0.6) is 5.75 Å². The molecule has 0 aromatic heterocycles. The summed E-state index contributed by atoms with van der Waals surface area (Å²) in [5.41, 5.74) is 0.352. The van der Waals surface area contributed by atoms with E-state index in [1.807, 2.05) is 18.2 Å². The summed E-state index contributed by atoms with van der Waals surface area (Å²) in [6.45, 7) is 4.22. The lowest BCUT2D eigenvalue weighted by Crippen LogP contribution is -2.44. The Labute approximate surface area is 112 Å². The van der Waals surface area contributed by atoms with Gasteiger partial charge in [-0.15, -0.1) is 0 Å². The standard InChI is InChI=1S/C14H17ClO3/c1-13(7-17-8-13)9-18-12-3-2-10(6-11(12)15)14(16)4-5-14/h2-3,6,16H,4-5,7-9H2,1H3. The van der Waals surface area contributed by atoms with Crippen LogP contribution in [0.4, 0.5) is 0 Å². The lowest BCUT2D eigenvalue weighted by atomic mass is 9.90. The number of hydrogen-bond acceptors (Lipinski definition) is 3. The zero-order chi connectivity index (χ0) is 12.8. The number of benzene rings is 1. The van der Waals surface area contributed by atoms with Gasteiger partial charge >= 0.3 is 0 Å². The van der Waals surface area contributed by atoms with Gasteiger partial charge in [0.25, 0.3) is 0 Å². The Hall–Kier alpha value is -0.770. The summed E-state index contributed by atoms with van der Waals surface area (Å²) in [6.07, 6.45) is 1.64. The molecule has 18 heavy (non-hydrogen) atoms. The summed E-state index contributed by atoms with van der Waals surface area (Å²) in [5, 5.41) is 10.6. The highest BCUT2D eigenvalue weighted by Crippen LogP contribution is 2.46. The fourth-order valence-electron chi connectivity index (χ4n) is 2.10. The van der Waals surface area contributed by atoms with Crippen molar-refractivity contribution >= 4 is 11.6 Å². The molecule has 4 heteroatoms. The van der Waals surface area contributed by atoms with Crippen LogP contribution in [0.25, 0.3) is 0 Å². The van der Waals surface area contributed by atoms with Gasteiger partial charge in [0, 0.05) is 5.41 Å². The summed E-state index contributed by atoms with van der Waals surface area (Å²) in [4.78, 5) is 0. The van der Waals surface area contributed by atoms with Crippen molar-refractivity contribution in [1.29, 1.82) is 0 Å². The Bertz CT molecular complexity index is 464. The lowest BCUT2D eigenvalue weighted by Gasteiger charge is -2.37. The minimum Gasteiger partial charge on any atom is -0.491 e. The Balaban J connectivity index is 1.69. The van der Waals surface area contributed by atoms with E-state index >= 15 is 0 Å². The van der Waals surface area contributed by atoms with Gasteiger partial charge in [-0.1, -0.05) is 24.6 Å². The van der Waals surface area contributed by atoms with Crippen molar-refractivity contribution in [1.82, 2.24) is 0 Å². The molecule has 0 bridgehead atoms. The average Bonchev–Trinajstić information content (AvgIpc) is 3.04. The zero-order valence-corrected chi connectivity index (χ0v) is 11.2. The molecule has 1 aromatic carbocycles. The monoisotopic (exact) mass is 268 g/mol. The summed E-state index contributed by atoms with van der Waals surface area (Å²) in [7, 11) is 0. The quantitative estimate of drug-likeness (QED) is 0.913. The molecule has 98 valence electrons. The van der Waals surface area contributed by atoms with E-state index in [2.05, 4.69) is 6.92 Å². The van der Waals surface area contributed by atoms with Crippen LogP contribution >= 0.6 is 11.6 Å². The van der Waals surface area contributed by atoms with Gasteiger partial charge in [0.15, 0.2) is 0 Å². The third-order valence-corrected chi connectivity index (χ3v) is 3.97. The molecule has 1 N–H and O–H groups in total. The third kappa shape index (κ3) is 2.22. The van der Waals surface area contributed by atoms with Crippen LogP contribution < -0.4 is 4.74 Å². The molecule has 1 saturated heterocycles. The van der Waals surface area contributed by atoms with Gasteiger partial charge in [-0.2, -0.15) is 0 Å². The minimum absolute atomic E-state index is 0.108. The lowest BCUT2D eigenvalue weighted by molar-refractivity contribution is -0.120. The molecular formula is C14H17ClO3. The van der Waals surface area contributed by atoms with Crippen LogP contribution in [-0.2, 0) is 10.3 Å². The molecule has 2 aliphatic rings. The Kier molecular flexibility index (Phi) is 2.81. The van der Waals surface area contributed by atoms with Gasteiger partial charge < -0.3 is 14.6 Å². The molecule has 1 saturated carbocycles. The van der Waals surface area contributed by atoms with Gasteiger partial charge in [0.1, 0.15) is 5.75 Å². The van der Waals surface area contributed by atoms with E-state index in [0.717, 1.165) is 31.6 Å². The van der Waals surface area contributed by atoms with Crippen LogP contribution in [0.3, 0.4) is 0 Å². The Morgan fingerprint density at radius 2 is 2.11 bits per heavy atom. The number of hydrogen-bond donors (Lipinski definition) is 1. The number of ether oxygens (including phenoxy) is 2. The van der Waals surface area contributed by atoms with Crippen molar-refractivity contribution in [2.75, 3.05) is 19.8 Å². The topological polar surface area (TPSA) is 38.7 Å². The molecule has 0 amide bonds. The molecule has 1 aliphatic heterocycles.